The van der Waals surface area contributed by atoms with Crippen LogP contribution in [0.25, 0.3) is 0 Å². The molecule has 1 amide bonds. The average Bonchev–Trinajstić information content (AvgIpc) is 2.37. The van der Waals surface area contributed by atoms with Gasteiger partial charge in [0.25, 0.3) is 5.91 Å². The van der Waals surface area contributed by atoms with Crippen molar-refractivity contribution in [3.8, 4) is 0 Å². The van der Waals surface area contributed by atoms with Crippen LogP contribution in [0.1, 0.15) is 15.9 Å². The first-order valence-electron chi connectivity index (χ1n) is 6.03. The number of benzene rings is 2. The molecule has 0 spiro atoms. The first-order valence-corrected chi connectivity index (χ1v) is 6.79. The molecular formula is C15H12Cl2FNO. The van der Waals surface area contributed by atoms with Gasteiger partial charge in [0.15, 0.2) is 0 Å². The second kappa shape index (κ2) is 6.73. The fourth-order valence-corrected chi connectivity index (χ4v) is 2.33. The maximum Gasteiger partial charge on any atom is 0.251 e. The summed E-state index contributed by atoms with van der Waals surface area (Å²) in [5.74, 6) is -0.541. The smallest absolute Gasteiger partial charge is 0.251 e. The quantitative estimate of drug-likeness (QED) is 0.904. The molecule has 0 atom stereocenters. The number of halogens is 3. The van der Waals surface area contributed by atoms with Gasteiger partial charge in [-0.1, -0.05) is 35.3 Å². The molecule has 0 radical (unpaired) electrons. The molecule has 20 heavy (non-hydrogen) atoms. The summed E-state index contributed by atoms with van der Waals surface area (Å²) in [6, 6.07) is 10.9. The van der Waals surface area contributed by atoms with Crippen molar-refractivity contribution in [2.45, 2.75) is 6.42 Å². The molecule has 0 unspecified atom stereocenters. The molecule has 2 nitrogen and oxygen atoms in total. The van der Waals surface area contributed by atoms with Crippen LogP contribution >= 0.6 is 23.2 Å². The van der Waals surface area contributed by atoms with Crippen molar-refractivity contribution < 1.29 is 9.18 Å². The standard InChI is InChI=1S/C15H12Cl2FNO/c16-12-7-11(8-13(17)9-12)15(20)19-5-4-10-2-1-3-14(18)6-10/h1-3,6-9H,4-5H2,(H,19,20). The van der Waals surface area contributed by atoms with E-state index in [-0.39, 0.29) is 11.7 Å². The second-order valence-corrected chi connectivity index (χ2v) is 5.17. The first-order chi connectivity index (χ1) is 9.54. The fourth-order valence-electron chi connectivity index (χ4n) is 1.80. The van der Waals surface area contributed by atoms with Crippen molar-refractivity contribution in [1.29, 1.82) is 0 Å². The molecule has 0 fully saturated rings. The third-order valence-electron chi connectivity index (χ3n) is 2.71. The number of rotatable bonds is 4. The Morgan fingerprint density at radius 3 is 2.45 bits per heavy atom. The van der Waals surface area contributed by atoms with Gasteiger partial charge in [-0.05, 0) is 42.3 Å². The highest BCUT2D eigenvalue weighted by atomic mass is 35.5. The van der Waals surface area contributed by atoms with E-state index in [1.165, 1.54) is 12.1 Å². The van der Waals surface area contributed by atoms with Gasteiger partial charge in [-0.15, -0.1) is 0 Å². The Bertz CT molecular complexity index is 611. The lowest BCUT2D eigenvalue weighted by Gasteiger charge is -2.06. The van der Waals surface area contributed by atoms with Crippen molar-refractivity contribution in [3.63, 3.8) is 0 Å². The lowest BCUT2D eigenvalue weighted by atomic mass is 10.1. The van der Waals surface area contributed by atoms with Crippen molar-refractivity contribution in [3.05, 3.63) is 69.5 Å². The zero-order chi connectivity index (χ0) is 14.5. The highest BCUT2D eigenvalue weighted by molar-refractivity contribution is 6.35. The predicted octanol–water partition coefficient (Wildman–Crippen LogP) is 4.11. The van der Waals surface area contributed by atoms with E-state index in [1.54, 1.807) is 24.3 Å². The van der Waals surface area contributed by atoms with Crippen molar-refractivity contribution >= 4 is 29.1 Å². The Morgan fingerprint density at radius 2 is 1.80 bits per heavy atom. The van der Waals surface area contributed by atoms with E-state index >= 15 is 0 Å². The molecule has 104 valence electrons. The minimum absolute atomic E-state index is 0.259. The van der Waals surface area contributed by atoms with Crippen LogP contribution in [-0.4, -0.2) is 12.5 Å². The van der Waals surface area contributed by atoms with E-state index in [0.717, 1.165) is 5.56 Å². The SMILES string of the molecule is O=C(NCCc1cccc(F)c1)c1cc(Cl)cc(Cl)c1. The summed E-state index contributed by atoms with van der Waals surface area (Å²) in [7, 11) is 0. The zero-order valence-electron chi connectivity index (χ0n) is 10.5. The summed E-state index contributed by atoms with van der Waals surface area (Å²) in [6.07, 6.45) is 0.553. The Morgan fingerprint density at radius 1 is 1.10 bits per heavy atom. The lowest BCUT2D eigenvalue weighted by molar-refractivity contribution is 0.0954. The van der Waals surface area contributed by atoms with Gasteiger partial charge in [-0.2, -0.15) is 0 Å². The summed E-state index contributed by atoms with van der Waals surface area (Å²) in [5.41, 5.74) is 1.23. The molecule has 0 bridgehead atoms. The van der Waals surface area contributed by atoms with Gasteiger partial charge >= 0.3 is 0 Å². The van der Waals surface area contributed by atoms with Gasteiger partial charge in [0.05, 0.1) is 0 Å². The van der Waals surface area contributed by atoms with Gasteiger partial charge in [0.2, 0.25) is 0 Å². The highest BCUT2D eigenvalue weighted by Crippen LogP contribution is 2.18. The van der Waals surface area contributed by atoms with Gasteiger partial charge in [-0.25, -0.2) is 4.39 Å². The van der Waals surface area contributed by atoms with Crippen LogP contribution < -0.4 is 5.32 Å². The van der Waals surface area contributed by atoms with Crippen molar-refractivity contribution in [2.24, 2.45) is 0 Å². The number of carbonyl (C=O) groups excluding carboxylic acids is 1. The molecule has 0 saturated heterocycles. The van der Waals surface area contributed by atoms with Crippen LogP contribution in [0.3, 0.4) is 0 Å². The molecule has 2 aromatic rings. The third kappa shape index (κ3) is 4.22. The molecule has 5 heteroatoms. The molecule has 0 heterocycles. The molecule has 0 aromatic heterocycles. The van der Waals surface area contributed by atoms with Crippen LogP contribution in [0, 0.1) is 5.82 Å². The molecule has 0 aliphatic carbocycles. The summed E-state index contributed by atoms with van der Waals surface area (Å²) in [6.45, 7) is 0.409. The molecule has 0 saturated carbocycles. The largest absolute Gasteiger partial charge is 0.352 e. The summed E-state index contributed by atoms with van der Waals surface area (Å²) >= 11 is 11.7. The van der Waals surface area contributed by atoms with Gasteiger partial charge in [0, 0.05) is 22.2 Å². The van der Waals surface area contributed by atoms with Crippen LogP contribution in [0.2, 0.25) is 10.0 Å². The maximum absolute atomic E-state index is 13.0. The van der Waals surface area contributed by atoms with E-state index in [0.29, 0.717) is 28.6 Å². The Labute approximate surface area is 126 Å². The Kier molecular flexibility index (Phi) is 4.99. The van der Waals surface area contributed by atoms with Crippen LogP contribution in [0.15, 0.2) is 42.5 Å². The predicted molar refractivity (Wildman–Crippen MR) is 78.9 cm³/mol. The fraction of sp³-hybridized carbons (Fsp3) is 0.133. The van der Waals surface area contributed by atoms with E-state index in [4.69, 9.17) is 23.2 Å². The van der Waals surface area contributed by atoms with Crippen LogP contribution in [0.5, 0.6) is 0 Å². The Balaban J connectivity index is 1.92. The van der Waals surface area contributed by atoms with Gasteiger partial charge in [0.1, 0.15) is 5.82 Å². The minimum Gasteiger partial charge on any atom is -0.352 e. The second-order valence-electron chi connectivity index (χ2n) is 4.29. The normalized spacial score (nSPS) is 10.3. The lowest BCUT2D eigenvalue weighted by Crippen LogP contribution is -2.25. The average molecular weight is 312 g/mol. The molecule has 0 aliphatic heterocycles. The monoisotopic (exact) mass is 311 g/mol. The first kappa shape index (κ1) is 14.8. The summed E-state index contributed by atoms with van der Waals surface area (Å²) in [4.78, 5) is 11.9. The van der Waals surface area contributed by atoms with E-state index in [2.05, 4.69) is 5.32 Å². The third-order valence-corrected chi connectivity index (χ3v) is 3.15. The van der Waals surface area contributed by atoms with Gasteiger partial charge in [-0.3, -0.25) is 4.79 Å². The molecule has 2 rings (SSSR count). The zero-order valence-corrected chi connectivity index (χ0v) is 12.0. The number of nitrogens with one attached hydrogen (secondary N) is 1. The minimum atomic E-state index is -0.282. The van der Waals surface area contributed by atoms with Crippen molar-refractivity contribution in [2.75, 3.05) is 6.54 Å². The molecule has 2 aromatic carbocycles. The van der Waals surface area contributed by atoms with E-state index in [9.17, 15) is 9.18 Å². The Hall–Kier alpha value is -1.58. The van der Waals surface area contributed by atoms with Crippen LogP contribution in [0.4, 0.5) is 4.39 Å². The molecule has 1 N–H and O–H groups in total. The topological polar surface area (TPSA) is 29.1 Å². The van der Waals surface area contributed by atoms with Crippen molar-refractivity contribution in [1.82, 2.24) is 5.32 Å². The number of amides is 1. The number of hydrogen-bond donors (Lipinski definition) is 1. The highest BCUT2D eigenvalue weighted by Gasteiger charge is 2.07. The van der Waals surface area contributed by atoms with E-state index < -0.39 is 0 Å². The summed E-state index contributed by atoms with van der Waals surface area (Å²) in [5, 5.41) is 3.56. The van der Waals surface area contributed by atoms with E-state index in [1.807, 2.05) is 6.07 Å². The maximum atomic E-state index is 13.0. The summed E-state index contributed by atoms with van der Waals surface area (Å²) < 4.78 is 13.0. The molecular weight excluding hydrogens is 300 g/mol. The number of carbonyl (C=O) groups is 1. The van der Waals surface area contributed by atoms with Gasteiger partial charge < -0.3 is 5.32 Å². The van der Waals surface area contributed by atoms with Crippen LogP contribution in [-0.2, 0) is 6.42 Å². The number of hydrogen-bond acceptors (Lipinski definition) is 1. The molecule has 0 aliphatic rings.